The van der Waals surface area contributed by atoms with Gasteiger partial charge in [-0.05, 0) is 37.0 Å². The van der Waals surface area contributed by atoms with Crippen LogP contribution < -0.4 is 11.1 Å². The van der Waals surface area contributed by atoms with Crippen LogP contribution in [-0.2, 0) is 11.0 Å². The fourth-order valence-electron chi connectivity index (χ4n) is 3.12. The third-order valence-electron chi connectivity index (χ3n) is 4.47. The summed E-state index contributed by atoms with van der Waals surface area (Å²) in [5.74, 6) is 0.0180. The minimum Gasteiger partial charge on any atom is -0.327 e. The number of halogens is 3. The Morgan fingerprint density at radius 2 is 2.16 bits per heavy atom. The van der Waals surface area contributed by atoms with Crippen LogP contribution in [0, 0.1) is 5.92 Å². The van der Waals surface area contributed by atoms with Gasteiger partial charge in [-0.3, -0.25) is 4.79 Å². The van der Waals surface area contributed by atoms with E-state index in [9.17, 15) is 18.0 Å². The molecule has 0 saturated heterocycles. The fourth-order valence-corrected chi connectivity index (χ4v) is 3.12. The average Bonchev–Trinajstić information content (AvgIpc) is 3.16. The molecule has 1 aliphatic carbocycles. The van der Waals surface area contributed by atoms with Crippen LogP contribution in [-0.4, -0.2) is 21.7 Å². The Bertz CT molecular complexity index is 756. The highest BCUT2D eigenvalue weighted by atomic mass is 19.4. The van der Waals surface area contributed by atoms with E-state index in [1.807, 2.05) is 0 Å². The van der Waals surface area contributed by atoms with Crippen molar-refractivity contribution in [3.8, 4) is 5.69 Å². The number of aromatic nitrogens is 2. The van der Waals surface area contributed by atoms with Crippen molar-refractivity contribution < 1.29 is 18.0 Å². The average molecular weight is 352 g/mol. The minimum absolute atomic E-state index is 0.0542. The summed E-state index contributed by atoms with van der Waals surface area (Å²) < 4.78 is 39.7. The lowest BCUT2D eigenvalue weighted by molar-refractivity contribution is -0.137. The topological polar surface area (TPSA) is 72.9 Å². The van der Waals surface area contributed by atoms with Crippen molar-refractivity contribution >= 4 is 11.6 Å². The number of carbonyl (C=O) groups is 1. The molecule has 0 aliphatic heterocycles. The molecule has 2 aromatic rings. The van der Waals surface area contributed by atoms with Crippen LogP contribution in [0.2, 0.25) is 0 Å². The normalized spacial score (nSPS) is 20.6. The Morgan fingerprint density at radius 1 is 1.36 bits per heavy atom. The number of nitrogens with zero attached hydrogens (tertiary/aromatic N) is 2. The van der Waals surface area contributed by atoms with Gasteiger partial charge in [-0.2, -0.15) is 18.3 Å². The predicted molar refractivity (Wildman–Crippen MR) is 87.1 cm³/mol. The van der Waals surface area contributed by atoms with Crippen molar-refractivity contribution in [1.82, 2.24) is 9.78 Å². The second kappa shape index (κ2) is 6.87. The summed E-state index contributed by atoms with van der Waals surface area (Å²) in [6.07, 6.45) is 1.74. The van der Waals surface area contributed by atoms with E-state index < -0.39 is 11.7 Å². The zero-order valence-corrected chi connectivity index (χ0v) is 13.5. The van der Waals surface area contributed by atoms with Gasteiger partial charge in [0.1, 0.15) is 0 Å². The van der Waals surface area contributed by atoms with Crippen molar-refractivity contribution in [1.29, 1.82) is 0 Å². The van der Waals surface area contributed by atoms with Crippen LogP contribution in [0.15, 0.2) is 36.7 Å². The minimum atomic E-state index is -4.42. The van der Waals surface area contributed by atoms with Gasteiger partial charge in [-0.25, -0.2) is 4.68 Å². The number of alkyl halides is 3. The third kappa shape index (κ3) is 4.19. The third-order valence-corrected chi connectivity index (χ3v) is 4.47. The molecule has 8 heteroatoms. The summed E-state index contributed by atoms with van der Waals surface area (Å²) in [6.45, 7) is 0. The Labute approximate surface area is 143 Å². The molecule has 0 spiro atoms. The molecule has 1 aromatic heterocycles. The van der Waals surface area contributed by atoms with Crippen molar-refractivity contribution in [2.45, 2.75) is 37.9 Å². The monoisotopic (exact) mass is 352 g/mol. The zero-order chi connectivity index (χ0) is 18.0. The molecule has 3 rings (SSSR count). The van der Waals surface area contributed by atoms with Crippen LogP contribution in [0.3, 0.4) is 0 Å². The standard InChI is InChI=1S/C17H19F3N4O/c18-17(19,20)12-4-2-5-14(8-12)24-10-13(9-22-24)23-16(25)7-11-3-1-6-15(11)21/h2,4-5,8-11,15H,1,3,6-7,21H2,(H,23,25)/t11-,15+/m0/s1. The molecule has 5 nitrogen and oxygen atoms in total. The molecule has 25 heavy (non-hydrogen) atoms. The van der Waals surface area contributed by atoms with E-state index in [4.69, 9.17) is 5.73 Å². The van der Waals surface area contributed by atoms with Gasteiger partial charge >= 0.3 is 6.18 Å². The number of rotatable bonds is 4. The quantitative estimate of drug-likeness (QED) is 0.886. The second-order valence-electron chi connectivity index (χ2n) is 6.33. The number of hydrogen-bond donors (Lipinski definition) is 2. The number of anilines is 1. The van der Waals surface area contributed by atoms with Gasteiger partial charge in [0.2, 0.25) is 5.91 Å². The van der Waals surface area contributed by atoms with E-state index in [1.54, 1.807) is 0 Å². The van der Waals surface area contributed by atoms with Gasteiger partial charge in [0.05, 0.1) is 29.3 Å². The molecule has 1 heterocycles. The molecule has 2 atom stereocenters. The largest absolute Gasteiger partial charge is 0.416 e. The number of hydrogen-bond acceptors (Lipinski definition) is 3. The van der Waals surface area contributed by atoms with E-state index in [2.05, 4.69) is 10.4 Å². The Kier molecular flexibility index (Phi) is 4.80. The van der Waals surface area contributed by atoms with E-state index >= 15 is 0 Å². The lowest BCUT2D eigenvalue weighted by Gasteiger charge is -2.14. The van der Waals surface area contributed by atoms with Crippen molar-refractivity contribution in [2.75, 3.05) is 5.32 Å². The molecule has 0 unspecified atom stereocenters. The molecular weight excluding hydrogens is 333 g/mol. The molecule has 1 aromatic carbocycles. The highest BCUT2D eigenvalue weighted by Crippen LogP contribution is 2.30. The number of carbonyl (C=O) groups excluding carboxylic acids is 1. The summed E-state index contributed by atoms with van der Waals surface area (Å²) >= 11 is 0. The van der Waals surface area contributed by atoms with Crippen molar-refractivity contribution in [2.24, 2.45) is 11.7 Å². The number of nitrogens with one attached hydrogen (secondary N) is 1. The number of benzene rings is 1. The summed E-state index contributed by atoms with van der Waals surface area (Å²) in [7, 11) is 0. The van der Waals surface area contributed by atoms with Gasteiger partial charge in [0.25, 0.3) is 0 Å². The van der Waals surface area contributed by atoms with Crippen LogP contribution in [0.5, 0.6) is 0 Å². The van der Waals surface area contributed by atoms with Crippen LogP contribution in [0.25, 0.3) is 5.69 Å². The highest BCUT2D eigenvalue weighted by molar-refractivity contribution is 5.90. The maximum Gasteiger partial charge on any atom is 0.416 e. The number of amides is 1. The summed E-state index contributed by atoms with van der Waals surface area (Å²) in [4.78, 5) is 12.1. The Morgan fingerprint density at radius 3 is 2.84 bits per heavy atom. The van der Waals surface area contributed by atoms with E-state index in [0.717, 1.165) is 31.4 Å². The SMILES string of the molecule is N[C@@H]1CCC[C@H]1CC(=O)Nc1cnn(-c2cccc(C(F)(F)F)c2)c1. The van der Waals surface area contributed by atoms with Crippen LogP contribution in [0.1, 0.15) is 31.2 Å². The second-order valence-corrected chi connectivity index (χ2v) is 6.33. The van der Waals surface area contributed by atoms with E-state index in [-0.39, 0.29) is 23.6 Å². The lowest BCUT2D eigenvalue weighted by atomic mass is 10.00. The zero-order valence-electron chi connectivity index (χ0n) is 13.5. The summed E-state index contributed by atoms with van der Waals surface area (Å²) in [5, 5.41) is 6.74. The van der Waals surface area contributed by atoms with Gasteiger partial charge in [-0.15, -0.1) is 0 Å². The molecular formula is C17H19F3N4O. The van der Waals surface area contributed by atoms with Crippen molar-refractivity contribution in [3.05, 3.63) is 42.2 Å². The molecule has 1 amide bonds. The van der Waals surface area contributed by atoms with Crippen LogP contribution in [0.4, 0.5) is 18.9 Å². The molecule has 1 aliphatic rings. The summed E-state index contributed by atoms with van der Waals surface area (Å²) in [6, 6.07) is 4.90. The smallest absolute Gasteiger partial charge is 0.327 e. The first kappa shape index (κ1) is 17.5. The molecule has 1 saturated carbocycles. The van der Waals surface area contributed by atoms with Gasteiger partial charge < -0.3 is 11.1 Å². The number of nitrogens with two attached hydrogens (primary N) is 1. The lowest BCUT2D eigenvalue weighted by Crippen LogP contribution is -2.28. The molecule has 0 bridgehead atoms. The summed E-state index contributed by atoms with van der Waals surface area (Å²) in [5.41, 5.74) is 5.92. The molecule has 134 valence electrons. The van der Waals surface area contributed by atoms with E-state index in [1.165, 1.54) is 29.2 Å². The highest BCUT2D eigenvalue weighted by Gasteiger charge is 2.30. The molecule has 3 N–H and O–H groups in total. The first-order valence-electron chi connectivity index (χ1n) is 8.10. The van der Waals surface area contributed by atoms with Gasteiger partial charge in [0.15, 0.2) is 0 Å². The van der Waals surface area contributed by atoms with Crippen molar-refractivity contribution in [3.63, 3.8) is 0 Å². The molecule has 1 fully saturated rings. The Hall–Kier alpha value is -2.35. The van der Waals surface area contributed by atoms with Crippen LogP contribution >= 0.6 is 0 Å². The predicted octanol–water partition coefficient (Wildman–Crippen LogP) is 3.35. The molecule has 0 radical (unpaired) electrons. The fraction of sp³-hybridized carbons (Fsp3) is 0.412. The first-order valence-corrected chi connectivity index (χ1v) is 8.10. The Balaban J connectivity index is 1.67. The van der Waals surface area contributed by atoms with Gasteiger partial charge in [0, 0.05) is 12.5 Å². The maximum atomic E-state index is 12.8. The first-order chi connectivity index (χ1) is 11.8. The van der Waals surface area contributed by atoms with E-state index in [0.29, 0.717) is 12.1 Å². The maximum absolute atomic E-state index is 12.8. The van der Waals surface area contributed by atoms with Gasteiger partial charge in [-0.1, -0.05) is 12.5 Å².